The lowest BCUT2D eigenvalue weighted by molar-refractivity contribution is 0.571. The number of nitrogens with one attached hydrogen (secondary N) is 2. The van der Waals surface area contributed by atoms with Gasteiger partial charge in [-0.2, -0.15) is 0 Å². The van der Waals surface area contributed by atoms with Crippen LogP contribution in [0.5, 0.6) is 0 Å². The molecule has 0 radical (unpaired) electrons. The van der Waals surface area contributed by atoms with Crippen molar-refractivity contribution in [3.8, 4) is 0 Å². The molecule has 2 heterocycles. The van der Waals surface area contributed by atoms with Gasteiger partial charge >= 0.3 is 0 Å². The molecule has 0 aliphatic rings. The second kappa shape index (κ2) is 9.54. The van der Waals surface area contributed by atoms with Gasteiger partial charge in [0.25, 0.3) is 5.56 Å². The summed E-state index contributed by atoms with van der Waals surface area (Å²) in [7, 11) is 0. The Labute approximate surface area is 175 Å². The van der Waals surface area contributed by atoms with Crippen LogP contribution in [0.4, 0.5) is 11.6 Å². The Hall–Kier alpha value is -2.90. The lowest BCUT2D eigenvalue weighted by Crippen LogP contribution is -2.31. The van der Waals surface area contributed by atoms with Crippen molar-refractivity contribution in [2.45, 2.75) is 33.5 Å². The molecule has 3 aromatic rings. The molecule has 3 rings (SSSR count). The summed E-state index contributed by atoms with van der Waals surface area (Å²) in [6.45, 7) is 5.95. The Balaban J connectivity index is 1.65. The van der Waals surface area contributed by atoms with Gasteiger partial charge in [-0.25, -0.2) is 9.97 Å². The fraction of sp³-hybridized carbons (Fsp3) is 0.286. The van der Waals surface area contributed by atoms with Gasteiger partial charge in [0.2, 0.25) is 0 Å². The smallest absolute Gasteiger partial charge is 0.293 e. The molecule has 0 saturated carbocycles. The maximum atomic E-state index is 12.8. The zero-order chi connectivity index (χ0) is 20.8. The van der Waals surface area contributed by atoms with Gasteiger partial charge in [-0.1, -0.05) is 48.0 Å². The molecular formula is C21H25ClN6O. The van der Waals surface area contributed by atoms with Gasteiger partial charge in [0.05, 0.1) is 5.69 Å². The highest BCUT2D eigenvalue weighted by Crippen LogP contribution is 2.13. The third-order valence-corrected chi connectivity index (χ3v) is 5.07. The number of pyridine rings is 1. The van der Waals surface area contributed by atoms with Gasteiger partial charge in [-0.15, -0.1) is 0 Å². The molecule has 0 bridgehead atoms. The van der Waals surface area contributed by atoms with Crippen LogP contribution in [0.1, 0.15) is 22.5 Å². The minimum atomic E-state index is -0.185. The lowest BCUT2D eigenvalue weighted by atomic mass is 10.2. The summed E-state index contributed by atoms with van der Waals surface area (Å²) in [5.41, 5.74) is 9.18. The van der Waals surface area contributed by atoms with Crippen molar-refractivity contribution in [1.82, 2.24) is 19.9 Å². The minimum Gasteiger partial charge on any atom is -0.384 e. The van der Waals surface area contributed by atoms with Gasteiger partial charge in [-0.3, -0.25) is 4.79 Å². The average molecular weight is 413 g/mol. The highest BCUT2D eigenvalue weighted by molar-refractivity contribution is 6.30. The molecule has 0 fully saturated rings. The number of benzene rings is 1. The van der Waals surface area contributed by atoms with Crippen LogP contribution >= 0.6 is 11.6 Å². The average Bonchev–Trinajstić information content (AvgIpc) is 2.71. The van der Waals surface area contributed by atoms with Crippen molar-refractivity contribution in [2.24, 2.45) is 0 Å². The first kappa shape index (κ1) is 20.8. The number of nitrogen functional groups attached to an aromatic ring is 1. The van der Waals surface area contributed by atoms with Crippen LogP contribution in [0.15, 0.2) is 47.3 Å². The van der Waals surface area contributed by atoms with Crippen molar-refractivity contribution < 1.29 is 0 Å². The number of aryl methyl sites for hydroxylation is 1. The summed E-state index contributed by atoms with van der Waals surface area (Å²) in [6.07, 6.45) is 0. The summed E-state index contributed by atoms with van der Waals surface area (Å²) in [5.74, 6) is 0.762. The fourth-order valence-corrected chi connectivity index (χ4v) is 3.18. The molecule has 152 valence electrons. The third-order valence-electron chi connectivity index (χ3n) is 4.71. The van der Waals surface area contributed by atoms with Crippen molar-refractivity contribution in [3.63, 3.8) is 0 Å². The summed E-state index contributed by atoms with van der Waals surface area (Å²) >= 11 is 6.27. The van der Waals surface area contributed by atoms with E-state index in [0.29, 0.717) is 42.8 Å². The van der Waals surface area contributed by atoms with Gasteiger partial charge < -0.3 is 20.9 Å². The second-order valence-corrected chi connectivity index (χ2v) is 7.15. The van der Waals surface area contributed by atoms with E-state index < -0.39 is 0 Å². The number of halogens is 1. The lowest BCUT2D eigenvalue weighted by Gasteiger charge is -2.15. The van der Waals surface area contributed by atoms with Gasteiger partial charge in [0.15, 0.2) is 11.0 Å². The summed E-state index contributed by atoms with van der Waals surface area (Å²) < 4.78 is 1.64. The summed E-state index contributed by atoms with van der Waals surface area (Å²) in [5, 5.41) is 6.75. The van der Waals surface area contributed by atoms with Crippen LogP contribution in [-0.4, -0.2) is 21.1 Å². The number of anilines is 2. The molecule has 0 aliphatic carbocycles. The van der Waals surface area contributed by atoms with E-state index in [9.17, 15) is 4.79 Å². The molecule has 1 aromatic carbocycles. The second-order valence-electron chi connectivity index (χ2n) is 6.79. The number of rotatable bonds is 8. The molecule has 7 nitrogen and oxygen atoms in total. The van der Waals surface area contributed by atoms with E-state index in [1.54, 1.807) is 17.6 Å². The minimum absolute atomic E-state index is 0.185. The van der Waals surface area contributed by atoms with Crippen LogP contribution in [0.3, 0.4) is 0 Å². The fourth-order valence-electron chi connectivity index (χ4n) is 2.99. The van der Waals surface area contributed by atoms with Crippen LogP contribution in [0, 0.1) is 13.8 Å². The number of hydrogen-bond acceptors (Lipinski definition) is 6. The summed E-state index contributed by atoms with van der Waals surface area (Å²) in [4.78, 5) is 21.3. The van der Waals surface area contributed by atoms with E-state index >= 15 is 0 Å². The van der Waals surface area contributed by atoms with E-state index in [2.05, 4.69) is 20.6 Å². The third kappa shape index (κ3) is 5.34. The largest absolute Gasteiger partial charge is 0.384 e. The molecular weight excluding hydrogens is 388 g/mol. The van der Waals surface area contributed by atoms with Crippen LogP contribution in [0.2, 0.25) is 5.15 Å². The zero-order valence-electron chi connectivity index (χ0n) is 16.6. The molecule has 4 N–H and O–H groups in total. The molecule has 0 unspecified atom stereocenters. The normalized spacial score (nSPS) is 10.9. The molecule has 0 aliphatic heterocycles. The van der Waals surface area contributed by atoms with Crippen molar-refractivity contribution in [3.05, 3.63) is 80.5 Å². The first-order valence-corrected chi connectivity index (χ1v) is 9.81. The maximum absolute atomic E-state index is 12.8. The van der Waals surface area contributed by atoms with Crippen molar-refractivity contribution >= 4 is 23.2 Å². The molecule has 0 saturated heterocycles. The highest BCUT2D eigenvalue weighted by Gasteiger charge is 2.12. The number of nitrogens with zero attached hydrogens (tertiary/aromatic N) is 3. The van der Waals surface area contributed by atoms with Gasteiger partial charge in [0.1, 0.15) is 5.82 Å². The Bertz CT molecular complexity index is 1040. The van der Waals surface area contributed by atoms with Crippen molar-refractivity contribution in [1.29, 1.82) is 0 Å². The predicted molar refractivity (Wildman–Crippen MR) is 117 cm³/mol. The SMILES string of the molecule is Cc1nc(N)ccc1CNCCn1c(C)c(Cl)nc(NCc2ccccc2)c1=O. The standard InChI is InChI=1S/C21H25ClN6O/c1-14-17(8-9-18(23)26-14)13-24-10-11-28-15(2)19(22)27-20(21(28)29)25-12-16-6-4-3-5-7-16/h3-9,24H,10-13H2,1-2H3,(H2,23,26)(H,25,27). The molecule has 0 atom stereocenters. The Morgan fingerprint density at radius 1 is 1.07 bits per heavy atom. The van der Waals surface area contributed by atoms with Crippen LogP contribution < -0.4 is 21.9 Å². The van der Waals surface area contributed by atoms with Gasteiger partial charge in [0, 0.05) is 31.9 Å². The number of hydrogen-bond donors (Lipinski definition) is 3. The highest BCUT2D eigenvalue weighted by atomic mass is 35.5. The monoisotopic (exact) mass is 412 g/mol. The number of nitrogens with two attached hydrogens (primary N) is 1. The first-order valence-electron chi connectivity index (χ1n) is 9.43. The maximum Gasteiger partial charge on any atom is 0.293 e. The molecule has 8 heteroatoms. The Kier molecular flexibility index (Phi) is 6.85. The van der Waals surface area contributed by atoms with E-state index in [4.69, 9.17) is 17.3 Å². The zero-order valence-corrected chi connectivity index (χ0v) is 17.3. The quantitative estimate of drug-likeness (QED) is 0.492. The Morgan fingerprint density at radius 3 is 2.55 bits per heavy atom. The molecule has 2 aromatic heterocycles. The van der Waals surface area contributed by atoms with Crippen LogP contribution in [-0.2, 0) is 19.6 Å². The van der Waals surface area contributed by atoms with E-state index in [1.165, 1.54) is 0 Å². The van der Waals surface area contributed by atoms with Gasteiger partial charge in [-0.05, 0) is 31.0 Å². The predicted octanol–water partition coefficient (Wildman–Crippen LogP) is 2.89. The Morgan fingerprint density at radius 2 is 1.83 bits per heavy atom. The number of aromatic nitrogens is 3. The molecule has 0 spiro atoms. The van der Waals surface area contributed by atoms with E-state index in [-0.39, 0.29) is 11.4 Å². The first-order chi connectivity index (χ1) is 14.0. The van der Waals surface area contributed by atoms with E-state index in [1.807, 2.05) is 43.3 Å². The van der Waals surface area contributed by atoms with E-state index in [0.717, 1.165) is 16.8 Å². The van der Waals surface area contributed by atoms with Crippen molar-refractivity contribution in [2.75, 3.05) is 17.6 Å². The topological polar surface area (TPSA) is 97.9 Å². The molecule has 0 amide bonds. The molecule has 29 heavy (non-hydrogen) atoms. The van der Waals surface area contributed by atoms with Crippen LogP contribution in [0.25, 0.3) is 0 Å². The summed E-state index contributed by atoms with van der Waals surface area (Å²) in [6, 6.07) is 13.6.